The molecule has 0 aromatic carbocycles. The Balaban J connectivity index is 3.47. The molecule has 0 heterocycles. The Morgan fingerprint density at radius 1 is 2.50 bits per heavy atom. The van der Waals surface area contributed by atoms with Crippen molar-refractivity contribution in [3.8, 4) is 0 Å². The van der Waals surface area contributed by atoms with E-state index in [1.54, 1.807) is 0 Å². The number of hydrogen-bond donors (Lipinski definition) is 1. The van der Waals surface area contributed by atoms with E-state index >= 15 is 0 Å². The zero-order chi connectivity index (χ0) is 4.50. The van der Waals surface area contributed by atoms with Gasteiger partial charge >= 0.3 is 0 Å². The summed E-state index contributed by atoms with van der Waals surface area (Å²) < 4.78 is 15.5. The highest BCUT2D eigenvalue weighted by Crippen LogP contribution is 1.99. The molecule has 0 fully saturated rings. The minimum absolute atomic E-state index is 0.965. The van der Waals surface area contributed by atoms with Crippen LogP contribution in [0.5, 0.6) is 0 Å². The van der Waals surface area contributed by atoms with E-state index in [0.717, 1.165) is 6.66 Å². The van der Waals surface area contributed by atoms with E-state index in [1.165, 1.54) is 0 Å². The molecule has 0 saturated carbocycles. The maximum absolute atomic E-state index is 9.44. The van der Waals surface area contributed by atoms with Crippen molar-refractivity contribution in [1.29, 1.82) is 1.28 Å². The van der Waals surface area contributed by atoms with Gasteiger partial charge in [0.05, 0.1) is 0 Å². The summed E-state index contributed by atoms with van der Waals surface area (Å²) in [4.78, 5) is 7.74. The van der Waals surface area contributed by atoms with E-state index < -0.39 is 7.97 Å². The minimum atomic E-state index is -3.39. The Labute approximate surface area is 26.6 Å². The SMILES string of the molecule is [2H]P(C)(=O)O. The fraction of sp³-hybridized carbons (Fsp3) is 1.00. The summed E-state index contributed by atoms with van der Waals surface area (Å²) in [5.41, 5.74) is 0. The van der Waals surface area contributed by atoms with E-state index in [4.69, 9.17) is 6.17 Å². The van der Waals surface area contributed by atoms with Gasteiger partial charge in [-0.25, -0.2) is 0 Å². The van der Waals surface area contributed by atoms with Gasteiger partial charge in [-0.1, -0.05) is 0 Å². The monoisotopic (exact) mass is 81.0 g/mol. The molecular weight excluding hydrogens is 75.0 g/mol. The van der Waals surface area contributed by atoms with Crippen molar-refractivity contribution in [3.05, 3.63) is 0 Å². The van der Waals surface area contributed by atoms with Gasteiger partial charge in [0, 0.05) is 6.66 Å². The zero-order valence-corrected chi connectivity index (χ0v) is 3.20. The zero-order valence-electron chi connectivity index (χ0n) is 3.30. The molecule has 0 amide bonds. The predicted molar refractivity (Wildman–Crippen MR) is 17.1 cm³/mol. The van der Waals surface area contributed by atoms with Crippen LogP contribution >= 0.6 is 7.97 Å². The first-order chi connectivity index (χ1) is 2.00. The second-order valence-corrected chi connectivity index (χ2v) is 1.39. The lowest BCUT2D eigenvalue weighted by Gasteiger charge is -1.61. The van der Waals surface area contributed by atoms with Crippen molar-refractivity contribution < 1.29 is 9.46 Å². The van der Waals surface area contributed by atoms with Crippen LogP contribution in [0.25, 0.3) is 0 Å². The van der Waals surface area contributed by atoms with Gasteiger partial charge in [0.25, 0.3) is 0 Å². The summed E-state index contributed by atoms with van der Waals surface area (Å²) in [6.45, 7) is 0.965. The molecule has 0 saturated heterocycles. The van der Waals surface area contributed by atoms with Gasteiger partial charge in [-0.2, -0.15) is 0 Å². The highest BCUT2D eigenvalue weighted by molar-refractivity contribution is 7.36. The van der Waals surface area contributed by atoms with E-state index in [9.17, 15) is 4.57 Å². The molecule has 1 N–H and O–H groups in total. The van der Waals surface area contributed by atoms with Crippen molar-refractivity contribution in [2.24, 2.45) is 0 Å². The van der Waals surface area contributed by atoms with Crippen molar-refractivity contribution in [1.82, 2.24) is 0 Å². The van der Waals surface area contributed by atoms with E-state index in [-0.39, 0.29) is 0 Å². The van der Waals surface area contributed by atoms with Gasteiger partial charge in [0.15, 0.2) is 7.97 Å². The van der Waals surface area contributed by atoms with Gasteiger partial charge in [-0.05, 0) is 0 Å². The van der Waals surface area contributed by atoms with Gasteiger partial charge in [-0.15, -0.1) is 0 Å². The van der Waals surface area contributed by atoms with Crippen LogP contribution in [0.1, 0.15) is 0 Å². The summed E-state index contributed by atoms with van der Waals surface area (Å²) in [6.07, 6.45) is 0. The van der Waals surface area contributed by atoms with Gasteiger partial charge in [0.2, 0.25) is 0 Å². The fourth-order valence-electron chi connectivity index (χ4n) is 0. The van der Waals surface area contributed by atoms with Crippen LogP contribution in [0.4, 0.5) is 0 Å². The predicted octanol–water partition coefficient (Wildman–Crippen LogP) is 0.0832. The van der Waals surface area contributed by atoms with Crippen LogP contribution in [0.3, 0.4) is 0 Å². The van der Waals surface area contributed by atoms with Crippen molar-refractivity contribution in [2.45, 2.75) is 0 Å². The lowest BCUT2D eigenvalue weighted by Crippen LogP contribution is -1.35. The van der Waals surface area contributed by atoms with Crippen LogP contribution in [0.15, 0.2) is 0 Å². The summed E-state index contributed by atoms with van der Waals surface area (Å²) >= 11 is 0. The van der Waals surface area contributed by atoms with Crippen LogP contribution in [0, 0.1) is 0 Å². The molecule has 0 aliphatic heterocycles. The third kappa shape index (κ3) is 85.9. The highest BCUT2D eigenvalue weighted by Gasteiger charge is 1.60. The quantitative estimate of drug-likeness (QED) is 0.419. The van der Waals surface area contributed by atoms with Gasteiger partial charge in [-0.3, -0.25) is 4.57 Å². The van der Waals surface area contributed by atoms with E-state index in [1.807, 2.05) is 0 Å². The number of rotatable bonds is 0. The van der Waals surface area contributed by atoms with Gasteiger partial charge < -0.3 is 4.89 Å². The molecular formula is CH5O2P. The first kappa shape index (κ1) is 2.43. The smallest absolute Gasteiger partial charge is 0.186 e. The maximum atomic E-state index is 9.44. The molecule has 0 aliphatic carbocycles. The Morgan fingerprint density at radius 2 is 2.50 bits per heavy atom. The Hall–Kier alpha value is 0.190. The molecule has 0 rings (SSSR count). The molecule has 26 valence electrons. The summed E-state index contributed by atoms with van der Waals surface area (Å²) in [5.74, 6) is 0. The Kier molecular flexibility index (Phi) is 0.913. The third-order valence-electron chi connectivity index (χ3n) is 0. The Morgan fingerprint density at radius 3 is 2.50 bits per heavy atom. The Bertz CT molecular complexity index is 55.8. The molecule has 0 bridgehead atoms. The van der Waals surface area contributed by atoms with Crippen molar-refractivity contribution >= 4 is 7.97 Å². The average molecular weight is 81.0 g/mol. The van der Waals surface area contributed by atoms with Crippen molar-refractivity contribution in [2.75, 3.05) is 6.66 Å². The molecule has 1 atom stereocenters. The van der Waals surface area contributed by atoms with Crippen LogP contribution < -0.4 is 0 Å². The second-order valence-electron chi connectivity index (χ2n) is 0.464. The lowest BCUT2D eigenvalue weighted by atomic mass is 12.0. The maximum Gasteiger partial charge on any atom is 0.186 e. The third-order valence-corrected chi connectivity index (χ3v) is 0. The second kappa shape index (κ2) is 1.50. The first-order valence-electron chi connectivity index (χ1n) is 1.28. The molecule has 2 nitrogen and oxygen atoms in total. The molecule has 4 heavy (non-hydrogen) atoms. The first-order valence-corrected chi connectivity index (χ1v) is 2.49. The van der Waals surface area contributed by atoms with E-state index in [2.05, 4.69) is 0 Å². The standard InChI is InChI=1S/CH5O2P/c1-4(2)3/h4H,1H3,(H,2,3)/i4D. The molecule has 3 heteroatoms. The fourth-order valence-corrected chi connectivity index (χ4v) is 0. The molecule has 0 aliphatic rings. The minimum Gasteiger partial charge on any atom is -0.346 e. The molecule has 1 unspecified atom stereocenters. The summed E-state index contributed by atoms with van der Waals surface area (Å²) in [6, 6.07) is 0. The molecule has 0 radical (unpaired) electrons. The summed E-state index contributed by atoms with van der Waals surface area (Å²) in [5, 5.41) is 0. The molecule has 0 aromatic rings. The normalized spacial score (nSPS) is 27.0. The van der Waals surface area contributed by atoms with Crippen LogP contribution in [-0.2, 0) is 4.57 Å². The van der Waals surface area contributed by atoms with E-state index in [0.29, 0.717) is 0 Å². The molecule has 0 spiro atoms. The topological polar surface area (TPSA) is 37.3 Å². The highest BCUT2D eigenvalue weighted by atomic mass is 31.1. The van der Waals surface area contributed by atoms with Crippen molar-refractivity contribution in [3.63, 3.8) is 0 Å². The largest absolute Gasteiger partial charge is 0.346 e. The summed E-state index contributed by atoms with van der Waals surface area (Å²) in [7, 11) is -3.39. The lowest BCUT2D eigenvalue weighted by molar-refractivity contribution is 0.509. The number of hydrogen-bond acceptors (Lipinski definition) is 1. The molecule has 0 aromatic heterocycles. The van der Waals surface area contributed by atoms with Crippen LogP contribution in [-0.4, -0.2) is 12.8 Å². The van der Waals surface area contributed by atoms with Crippen LogP contribution in [0.2, 0.25) is 0 Å². The average Bonchev–Trinajstić information content (AvgIpc) is 0.722. The van der Waals surface area contributed by atoms with Gasteiger partial charge in [0.1, 0.15) is 1.28 Å².